The number of ketones is 1. The van der Waals surface area contributed by atoms with Crippen LogP contribution in [0.5, 0.6) is 5.75 Å². The molecule has 0 aliphatic heterocycles. The number of nitrogen functional groups attached to an aromatic ring is 1. The number of nitrogens with two attached hydrogens (primary N) is 1. The number of hydrogen-bond donors (Lipinski definition) is 1. The molecule has 0 atom stereocenters. The third-order valence-corrected chi connectivity index (χ3v) is 4.47. The molecular weight excluding hydrogens is 332 g/mol. The number of fused-ring (bicyclic) bond motifs is 1. The van der Waals surface area contributed by atoms with Gasteiger partial charge in [-0.2, -0.15) is 9.59 Å². The largest absolute Gasteiger partial charge is 0.492 e. The molecule has 3 rings (SSSR count). The predicted octanol–water partition coefficient (Wildman–Crippen LogP) is 3.32. The van der Waals surface area contributed by atoms with Gasteiger partial charge in [-0.05, 0) is 57.7 Å². The highest BCUT2D eigenvalue weighted by atomic mass is 16.5. The maximum Gasteiger partial charge on any atom is 0.373 e. The van der Waals surface area contributed by atoms with E-state index >= 15 is 0 Å². The summed E-state index contributed by atoms with van der Waals surface area (Å²) >= 11 is 0. The molecule has 26 heavy (non-hydrogen) atoms. The van der Waals surface area contributed by atoms with Crippen molar-refractivity contribution < 1.29 is 19.1 Å². The molecule has 0 radical (unpaired) electrons. The van der Waals surface area contributed by atoms with E-state index in [-0.39, 0.29) is 11.9 Å². The maximum absolute atomic E-state index is 12.4. The number of carbonyl (C=O) groups is 1. The highest BCUT2D eigenvalue weighted by Crippen LogP contribution is 2.36. The zero-order chi connectivity index (χ0) is 19.3. The standard InChI is InChI=1S/C19H24N2O2.CO2/c1-12-9-14(20)18-15(21-12)5-4-6-16(18)23-11-19(2,3)17(22)10-13-7-8-13;2-1-3/h4-6,9,13H,7-8,10-11H2,1-3H3,(H2,20,21);. The third kappa shape index (κ3) is 4.90. The fourth-order valence-electron chi connectivity index (χ4n) is 2.74. The third-order valence-electron chi connectivity index (χ3n) is 4.47. The van der Waals surface area contributed by atoms with E-state index in [0.717, 1.165) is 16.6 Å². The Balaban J connectivity index is 0.000000758. The maximum atomic E-state index is 12.4. The Morgan fingerprint density at radius 2 is 2.00 bits per heavy atom. The van der Waals surface area contributed by atoms with Crippen LogP contribution in [0.2, 0.25) is 0 Å². The number of anilines is 1. The minimum atomic E-state index is -0.488. The lowest BCUT2D eigenvalue weighted by Gasteiger charge is -2.24. The Morgan fingerprint density at radius 3 is 2.62 bits per heavy atom. The quantitative estimate of drug-likeness (QED) is 0.852. The molecule has 2 aromatic rings. The summed E-state index contributed by atoms with van der Waals surface area (Å²) in [6, 6.07) is 7.56. The molecule has 2 N–H and O–H groups in total. The molecule has 6 nitrogen and oxygen atoms in total. The Morgan fingerprint density at radius 1 is 1.35 bits per heavy atom. The highest BCUT2D eigenvalue weighted by molar-refractivity contribution is 5.95. The Bertz CT molecular complexity index is 835. The molecule has 1 saturated carbocycles. The molecule has 1 aromatic carbocycles. The first-order valence-corrected chi connectivity index (χ1v) is 8.59. The van der Waals surface area contributed by atoms with Crippen LogP contribution in [0.25, 0.3) is 10.9 Å². The fourth-order valence-corrected chi connectivity index (χ4v) is 2.74. The van der Waals surface area contributed by atoms with Crippen molar-refractivity contribution in [3.8, 4) is 5.75 Å². The predicted molar refractivity (Wildman–Crippen MR) is 97.5 cm³/mol. The molecule has 1 heterocycles. The zero-order valence-corrected chi connectivity index (χ0v) is 15.4. The average Bonchev–Trinajstić information content (AvgIpc) is 3.37. The van der Waals surface area contributed by atoms with Crippen LogP contribution in [0, 0.1) is 18.3 Å². The minimum absolute atomic E-state index is 0.250. The van der Waals surface area contributed by atoms with E-state index in [1.54, 1.807) is 0 Å². The van der Waals surface area contributed by atoms with Crippen LogP contribution >= 0.6 is 0 Å². The summed E-state index contributed by atoms with van der Waals surface area (Å²) in [7, 11) is 0. The number of rotatable bonds is 6. The van der Waals surface area contributed by atoms with Gasteiger partial charge in [0.05, 0.1) is 16.3 Å². The zero-order valence-electron chi connectivity index (χ0n) is 15.4. The van der Waals surface area contributed by atoms with Crippen molar-refractivity contribution >= 4 is 28.5 Å². The van der Waals surface area contributed by atoms with Crippen molar-refractivity contribution in [2.24, 2.45) is 11.3 Å². The average molecular weight is 356 g/mol. The number of pyridine rings is 1. The lowest BCUT2D eigenvalue weighted by Crippen LogP contribution is -2.31. The number of carbonyl (C=O) groups excluding carboxylic acids is 3. The van der Waals surface area contributed by atoms with E-state index in [2.05, 4.69) is 4.98 Å². The van der Waals surface area contributed by atoms with E-state index in [4.69, 9.17) is 20.1 Å². The lowest BCUT2D eigenvalue weighted by atomic mass is 9.86. The molecule has 1 aliphatic rings. The van der Waals surface area contributed by atoms with Crippen molar-refractivity contribution in [3.05, 3.63) is 30.0 Å². The first-order valence-electron chi connectivity index (χ1n) is 8.59. The van der Waals surface area contributed by atoms with Crippen molar-refractivity contribution in [1.29, 1.82) is 0 Å². The van der Waals surface area contributed by atoms with Gasteiger partial charge in [0.1, 0.15) is 18.1 Å². The van der Waals surface area contributed by atoms with Gasteiger partial charge in [0.15, 0.2) is 0 Å². The first kappa shape index (κ1) is 19.6. The van der Waals surface area contributed by atoms with Gasteiger partial charge in [-0.25, -0.2) is 0 Å². The van der Waals surface area contributed by atoms with Crippen LogP contribution in [-0.2, 0) is 14.4 Å². The summed E-state index contributed by atoms with van der Waals surface area (Å²) in [5.41, 5.74) is 8.02. The summed E-state index contributed by atoms with van der Waals surface area (Å²) in [4.78, 5) is 33.1. The molecule has 0 bridgehead atoms. The normalized spacial score (nSPS) is 13.5. The molecule has 1 fully saturated rings. The van der Waals surface area contributed by atoms with Gasteiger partial charge in [0.25, 0.3) is 0 Å². The Labute approximate surface area is 152 Å². The monoisotopic (exact) mass is 356 g/mol. The summed E-state index contributed by atoms with van der Waals surface area (Å²) in [5, 5.41) is 0.823. The van der Waals surface area contributed by atoms with Crippen LogP contribution in [-0.4, -0.2) is 23.5 Å². The van der Waals surface area contributed by atoms with Gasteiger partial charge in [-0.3, -0.25) is 9.78 Å². The van der Waals surface area contributed by atoms with Crippen LogP contribution in [0.1, 0.15) is 38.8 Å². The highest BCUT2D eigenvalue weighted by Gasteiger charge is 2.33. The molecule has 0 saturated heterocycles. The van der Waals surface area contributed by atoms with Crippen LogP contribution in [0.4, 0.5) is 5.69 Å². The second-order valence-corrected chi connectivity index (χ2v) is 7.33. The Kier molecular flexibility index (Phi) is 6.11. The van der Waals surface area contributed by atoms with Crippen LogP contribution in [0.3, 0.4) is 0 Å². The topological polar surface area (TPSA) is 99.3 Å². The first-order chi connectivity index (χ1) is 12.3. The van der Waals surface area contributed by atoms with Gasteiger partial charge in [-0.15, -0.1) is 0 Å². The van der Waals surface area contributed by atoms with E-state index in [0.29, 0.717) is 30.4 Å². The number of ether oxygens (including phenoxy) is 1. The number of nitrogens with zero attached hydrogens (tertiary/aromatic N) is 1. The Hall–Kier alpha value is -2.72. The second-order valence-electron chi connectivity index (χ2n) is 7.33. The SMILES string of the molecule is Cc1cc(N)c2c(OCC(C)(C)C(=O)CC3CC3)cccc2n1.O=C=O. The number of benzene rings is 1. The summed E-state index contributed by atoms with van der Waals surface area (Å²) in [6.07, 6.45) is 3.30. The van der Waals surface area contributed by atoms with E-state index in [9.17, 15) is 4.79 Å². The van der Waals surface area contributed by atoms with Crippen molar-refractivity contribution in [2.45, 2.75) is 40.0 Å². The smallest absolute Gasteiger partial charge is 0.373 e. The fraction of sp³-hybridized carbons (Fsp3) is 0.450. The summed E-state index contributed by atoms with van der Waals surface area (Å²) in [5.74, 6) is 1.57. The molecule has 0 unspecified atom stereocenters. The van der Waals surface area contributed by atoms with E-state index in [1.807, 2.05) is 45.0 Å². The molecule has 1 aliphatic carbocycles. The van der Waals surface area contributed by atoms with Crippen molar-refractivity contribution in [3.63, 3.8) is 0 Å². The van der Waals surface area contributed by atoms with Gasteiger partial charge >= 0.3 is 6.15 Å². The van der Waals surface area contributed by atoms with Crippen LogP contribution < -0.4 is 10.5 Å². The molecule has 6 heteroatoms. The number of hydrogen-bond acceptors (Lipinski definition) is 6. The number of aryl methyl sites for hydroxylation is 1. The van der Waals surface area contributed by atoms with Crippen molar-refractivity contribution in [2.75, 3.05) is 12.3 Å². The number of Topliss-reactive ketones (excluding diaryl/α,β-unsaturated/α-hetero) is 1. The molecule has 1 aromatic heterocycles. The van der Waals surface area contributed by atoms with Crippen LogP contribution in [0.15, 0.2) is 24.3 Å². The lowest BCUT2D eigenvalue weighted by molar-refractivity contribution is -0.191. The van der Waals surface area contributed by atoms with Gasteiger partial charge in [0.2, 0.25) is 0 Å². The van der Waals surface area contributed by atoms with Gasteiger partial charge in [-0.1, -0.05) is 6.07 Å². The van der Waals surface area contributed by atoms with E-state index < -0.39 is 5.41 Å². The molecule has 0 spiro atoms. The van der Waals surface area contributed by atoms with Gasteiger partial charge in [0, 0.05) is 17.8 Å². The van der Waals surface area contributed by atoms with Gasteiger partial charge < -0.3 is 10.5 Å². The number of aromatic nitrogens is 1. The molecule has 138 valence electrons. The summed E-state index contributed by atoms with van der Waals surface area (Å²) < 4.78 is 5.99. The molecular formula is C20H24N2O4. The van der Waals surface area contributed by atoms with E-state index in [1.165, 1.54) is 12.8 Å². The second kappa shape index (κ2) is 8.11. The minimum Gasteiger partial charge on any atom is -0.492 e. The summed E-state index contributed by atoms with van der Waals surface area (Å²) in [6.45, 7) is 6.18. The van der Waals surface area contributed by atoms with Crippen molar-refractivity contribution in [1.82, 2.24) is 4.98 Å². The molecule has 0 amide bonds.